The summed E-state index contributed by atoms with van der Waals surface area (Å²) in [4.78, 5) is 0. The van der Waals surface area contributed by atoms with Gasteiger partial charge in [-0.1, -0.05) is 25.1 Å². The maximum atomic E-state index is 4.40. The largest absolute Gasteiger partial charge is 0.306 e. The van der Waals surface area contributed by atoms with Gasteiger partial charge in [0.05, 0.1) is 12.2 Å². The van der Waals surface area contributed by atoms with Crippen LogP contribution in [0.4, 0.5) is 0 Å². The van der Waals surface area contributed by atoms with E-state index in [2.05, 4.69) is 56.3 Å². The van der Waals surface area contributed by atoms with Crippen LogP contribution in [-0.2, 0) is 7.05 Å². The molecule has 0 aliphatic heterocycles. The summed E-state index contributed by atoms with van der Waals surface area (Å²) in [5.74, 6) is 0. The van der Waals surface area contributed by atoms with Gasteiger partial charge in [0.15, 0.2) is 0 Å². The summed E-state index contributed by atoms with van der Waals surface area (Å²) in [5.41, 5.74) is 6.56. The molecule has 0 bridgehead atoms. The van der Waals surface area contributed by atoms with Crippen LogP contribution in [0.2, 0.25) is 0 Å². The van der Waals surface area contributed by atoms with E-state index in [0.29, 0.717) is 0 Å². The third kappa shape index (κ3) is 2.78. The molecule has 3 nitrogen and oxygen atoms in total. The van der Waals surface area contributed by atoms with Gasteiger partial charge in [-0.15, -0.1) is 0 Å². The minimum Gasteiger partial charge on any atom is -0.306 e. The molecule has 108 valence electrons. The molecule has 3 heteroatoms. The van der Waals surface area contributed by atoms with Gasteiger partial charge in [0.2, 0.25) is 0 Å². The Morgan fingerprint density at radius 1 is 1.20 bits per heavy atom. The fourth-order valence-electron chi connectivity index (χ4n) is 2.56. The van der Waals surface area contributed by atoms with Crippen LogP contribution in [0.3, 0.4) is 0 Å². The summed E-state index contributed by atoms with van der Waals surface area (Å²) >= 11 is 0. The third-order valence-corrected chi connectivity index (χ3v) is 4.14. The minimum atomic E-state index is 0.226. The average Bonchev–Trinajstić information content (AvgIpc) is 2.76. The van der Waals surface area contributed by atoms with Crippen LogP contribution in [0.15, 0.2) is 24.4 Å². The number of nitrogens with zero attached hydrogens (tertiary/aromatic N) is 2. The predicted octanol–water partition coefficient (Wildman–Crippen LogP) is 3.43. The second kappa shape index (κ2) is 6.23. The Kier molecular flexibility index (Phi) is 4.61. The Morgan fingerprint density at radius 2 is 1.95 bits per heavy atom. The first-order chi connectivity index (χ1) is 9.56. The molecule has 2 rings (SSSR count). The highest BCUT2D eigenvalue weighted by molar-refractivity contribution is 5.41. The van der Waals surface area contributed by atoms with Gasteiger partial charge < -0.3 is 5.32 Å². The molecular formula is C17H25N3. The summed E-state index contributed by atoms with van der Waals surface area (Å²) in [6.07, 6.45) is 3.12. The molecule has 0 saturated heterocycles. The lowest BCUT2D eigenvalue weighted by atomic mass is 9.93. The second-order valence-corrected chi connectivity index (χ2v) is 5.49. The number of benzene rings is 1. The maximum Gasteiger partial charge on any atom is 0.0613 e. The van der Waals surface area contributed by atoms with E-state index in [1.807, 2.05) is 17.9 Å². The van der Waals surface area contributed by atoms with E-state index in [9.17, 15) is 0 Å². The van der Waals surface area contributed by atoms with Gasteiger partial charge in [0.1, 0.15) is 0 Å². The van der Waals surface area contributed by atoms with Crippen LogP contribution in [0.5, 0.6) is 0 Å². The smallest absolute Gasteiger partial charge is 0.0613 e. The Bertz CT molecular complexity index is 584. The number of hydrogen-bond acceptors (Lipinski definition) is 2. The number of aryl methyl sites for hydroxylation is 2. The predicted molar refractivity (Wildman–Crippen MR) is 84.0 cm³/mol. The van der Waals surface area contributed by atoms with E-state index in [1.165, 1.54) is 27.9 Å². The van der Waals surface area contributed by atoms with Crippen molar-refractivity contribution >= 4 is 0 Å². The topological polar surface area (TPSA) is 29.9 Å². The summed E-state index contributed by atoms with van der Waals surface area (Å²) in [6.45, 7) is 9.71. The van der Waals surface area contributed by atoms with Crippen LogP contribution >= 0.6 is 0 Å². The second-order valence-electron chi connectivity index (χ2n) is 5.49. The monoisotopic (exact) mass is 271 g/mol. The molecule has 2 aromatic rings. The summed E-state index contributed by atoms with van der Waals surface area (Å²) in [5, 5.41) is 8.07. The standard InChI is InChI=1S/C17H25N3/c1-6-10-18-17(16-11-19-20(5)14(16)4)15-9-7-8-12(2)13(15)3/h7-9,11,17-18H,6,10H2,1-5H3. The average molecular weight is 271 g/mol. The van der Waals surface area contributed by atoms with Crippen molar-refractivity contribution in [2.24, 2.45) is 7.05 Å². The van der Waals surface area contributed by atoms with Gasteiger partial charge in [0, 0.05) is 18.3 Å². The molecule has 0 aliphatic carbocycles. The SMILES string of the molecule is CCCNC(c1cccc(C)c1C)c1cnn(C)c1C. The van der Waals surface area contributed by atoms with Crippen molar-refractivity contribution in [2.45, 2.75) is 40.2 Å². The van der Waals surface area contributed by atoms with Crippen LogP contribution in [0.25, 0.3) is 0 Å². The Morgan fingerprint density at radius 3 is 2.55 bits per heavy atom. The zero-order valence-electron chi connectivity index (χ0n) is 13.2. The van der Waals surface area contributed by atoms with E-state index in [1.54, 1.807) is 0 Å². The highest BCUT2D eigenvalue weighted by Crippen LogP contribution is 2.28. The maximum absolute atomic E-state index is 4.40. The van der Waals surface area contributed by atoms with Gasteiger partial charge in [-0.3, -0.25) is 4.68 Å². The molecule has 0 saturated carbocycles. The molecule has 1 aromatic heterocycles. The summed E-state index contributed by atoms with van der Waals surface area (Å²) in [7, 11) is 2.00. The fraction of sp³-hybridized carbons (Fsp3) is 0.471. The highest BCUT2D eigenvalue weighted by atomic mass is 15.3. The van der Waals surface area contributed by atoms with Gasteiger partial charge in [-0.05, 0) is 50.4 Å². The number of rotatable bonds is 5. The molecule has 0 spiro atoms. The number of hydrogen-bond donors (Lipinski definition) is 1. The molecule has 1 heterocycles. The van der Waals surface area contributed by atoms with Crippen molar-refractivity contribution in [3.63, 3.8) is 0 Å². The van der Waals surface area contributed by atoms with Crippen molar-refractivity contribution in [1.29, 1.82) is 0 Å². The lowest BCUT2D eigenvalue weighted by Crippen LogP contribution is -2.24. The quantitative estimate of drug-likeness (QED) is 0.903. The van der Waals surface area contributed by atoms with Crippen LogP contribution in [0.1, 0.15) is 47.3 Å². The first-order valence-corrected chi connectivity index (χ1v) is 7.34. The van der Waals surface area contributed by atoms with Gasteiger partial charge in [-0.25, -0.2) is 0 Å². The molecule has 1 unspecified atom stereocenters. The number of aromatic nitrogens is 2. The highest BCUT2D eigenvalue weighted by Gasteiger charge is 2.20. The molecule has 1 N–H and O–H groups in total. The first-order valence-electron chi connectivity index (χ1n) is 7.34. The molecule has 0 fully saturated rings. The molecule has 0 amide bonds. The molecule has 0 aliphatic rings. The van der Waals surface area contributed by atoms with E-state index in [-0.39, 0.29) is 6.04 Å². The molecule has 1 aromatic carbocycles. The first kappa shape index (κ1) is 14.8. The van der Waals surface area contributed by atoms with E-state index in [4.69, 9.17) is 0 Å². The van der Waals surface area contributed by atoms with Crippen LogP contribution in [-0.4, -0.2) is 16.3 Å². The third-order valence-electron chi connectivity index (χ3n) is 4.14. The van der Waals surface area contributed by atoms with Gasteiger partial charge in [0.25, 0.3) is 0 Å². The summed E-state index contributed by atoms with van der Waals surface area (Å²) < 4.78 is 1.95. The Hall–Kier alpha value is -1.61. The molecule has 1 atom stereocenters. The van der Waals surface area contributed by atoms with Gasteiger partial charge >= 0.3 is 0 Å². The lowest BCUT2D eigenvalue weighted by molar-refractivity contribution is 0.592. The molecule has 0 radical (unpaired) electrons. The fourth-order valence-corrected chi connectivity index (χ4v) is 2.56. The van der Waals surface area contributed by atoms with Crippen LogP contribution < -0.4 is 5.32 Å². The lowest BCUT2D eigenvalue weighted by Gasteiger charge is -2.22. The molecule has 20 heavy (non-hydrogen) atoms. The van der Waals surface area contributed by atoms with Crippen molar-refractivity contribution in [2.75, 3.05) is 6.54 Å². The molecular weight excluding hydrogens is 246 g/mol. The minimum absolute atomic E-state index is 0.226. The van der Waals surface area contributed by atoms with E-state index < -0.39 is 0 Å². The zero-order valence-corrected chi connectivity index (χ0v) is 13.2. The zero-order chi connectivity index (χ0) is 14.7. The Labute approximate surface area is 122 Å². The van der Waals surface area contributed by atoms with E-state index >= 15 is 0 Å². The van der Waals surface area contributed by atoms with Crippen molar-refractivity contribution < 1.29 is 0 Å². The Balaban J connectivity index is 2.47. The number of nitrogens with one attached hydrogen (secondary N) is 1. The normalized spacial score (nSPS) is 12.7. The van der Waals surface area contributed by atoms with Gasteiger partial charge in [-0.2, -0.15) is 5.10 Å². The van der Waals surface area contributed by atoms with Crippen molar-refractivity contribution in [3.8, 4) is 0 Å². The van der Waals surface area contributed by atoms with Crippen molar-refractivity contribution in [3.05, 3.63) is 52.3 Å². The summed E-state index contributed by atoms with van der Waals surface area (Å²) in [6, 6.07) is 6.77. The van der Waals surface area contributed by atoms with Crippen LogP contribution in [0, 0.1) is 20.8 Å². The van der Waals surface area contributed by atoms with E-state index in [0.717, 1.165) is 13.0 Å². The van der Waals surface area contributed by atoms with Crippen molar-refractivity contribution in [1.82, 2.24) is 15.1 Å².